The average molecular weight is 332 g/mol. The maximum Gasteiger partial charge on any atom is 0.255 e. The molecule has 0 unspecified atom stereocenters. The lowest BCUT2D eigenvalue weighted by Crippen LogP contribution is -2.32. The molecule has 1 N–H and O–H groups in total. The van der Waals surface area contributed by atoms with Crippen molar-refractivity contribution in [2.45, 2.75) is 0 Å². The lowest BCUT2D eigenvalue weighted by Gasteiger charge is -2.16. The van der Waals surface area contributed by atoms with Crippen molar-refractivity contribution in [3.8, 4) is 5.82 Å². The number of hydrogen-bond donors (Lipinski definition) is 1. The molecule has 0 saturated carbocycles. The minimum Gasteiger partial charge on any atom is -0.340 e. The number of carbonyl (C=O) groups excluding carboxylic acids is 1. The molecular formula is C13H19Cl2N5O. The van der Waals surface area contributed by atoms with Crippen molar-refractivity contribution in [2.75, 3.05) is 27.2 Å². The summed E-state index contributed by atoms with van der Waals surface area (Å²) in [7, 11) is 3.64. The van der Waals surface area contributed by atoms with Crippen LogP contribution < -0.4 is 5.32 Å². The van der Waals surface area contributed by atoms with E-state index in [-0.39, 0.29) is 30.7 Å². The standard InChI is InChI=1S/C13H17N5O.2ClH/c1-14-5-7-17(2)13(19)11-3-4-12(16-9-11)18-8-6-15-10-18;;/h3-4,6,8-10,14H,5,7H2,1-2H3;2*1H. The van der Waals surface area contributed by atoms with Crippen molar-refractivity contribution < 1.29 is 4.79 Å². The lowest BCUT2D eigenvalue weighted by atomic mass is 10.2. The van der Waals surface area contributed by atoms with Crippen molar-refractivity contribution in [2.24, 2.45) is 0 Å². The van der Waals surface area contributed by atoms with Crippen LogP contribution in [-0.4, -0.2) is 52.5 Å². The maximum atomic E-state index is 12.1. The number of carbonyl (C=O) groups is 1. The first-order valence-electron chi connectivity index (χ1n) is 6.07. The van der Waals surface area contributed by atoms with Gasteiger partial charge >= 0.3 is 0 Å². The predicted molar refractivity (Wildman–Crippen MR) is 86.7 cm³/mol. The van der Waals surface area contributed by atoms with Crippen LogP contribution in [0, 0.1) is 0 Å². The number of aromatic nitrogens is 3. The van der Waals surface area contributed by atoms with E-state index in [0.717, 1.165) is 12.4 Å². The summed E-state index contributed by atoms with van der Waals surface area (Å²) in [6.45, 7) is 1.43. The highest BCUT2D eigenvalue weighted by atomic mass is 35.5. The SMILES string of the molecule is CNCCN(C)C(=O)c1ccc(-n2ccnc2)nc1.Cl.Cl. The number of likely N-dealkylation sites (N-methyl/N-ethyl adjacent to an activating group) is 2. The summed E-state index contributed by atoms with van der Waals surface area (Å²) in [5, 5.41) is 3.01. The molecule has 8 heteroatoms. The highest BCUT2D eigenvalue weighted by molar-refractivity contribution is 5.93. The molecule has 2 heterocycles. The molecule has 0 bridgehead atoms. The second kappa shape index (κ2) is 9.33. The van der Waals surface area contributed by atoms with Crippen LogP contribution in [0.5, 0.6) is 0 Å². The Kier molecular flexibility index (Phi) is 8.61. The third-order valence-electron chi connectivity index (χ3n) is 2.81. The van der Waals surface area contributed by atoms with Gasteiger partial charge in [0.1, 0.15) is 12.1 Å². The van der Waals surface area contributed by atoms with E-state index in [9.17, 15) is 4.79 Å². The summed E-state index contributed by atoms with van der Waals surface area (Å²) < 4.78 is 1.79. The topological polar surface area (TPSA) is 63.1 Å². The maximum absolute atomic E-state index is 12.1. The first kappa shape index (κ1) is 19.4. The number of amides is 1. The first-order chi connectivity index (χ1) is 9.22. The summed E-state index contributed by atoms with van der Waals surface area (Å²) in [6.07, 6.45) is 6.76. The van der Waals surface area contributed by atoms with Crippen LogP contribution in [0.15, 0.2) is 37.1 Å². The van der Waals surface area contributed by atoms with Crippen molar-refractivity contribution in [3.05, 3.63) is 42.6 Å². The molecule has 116 valence electrons. The summed E-state index contributed by atoms with van der Waals surface area (Å²) in [4.78, 5) is 22.0. The van der Waals surface area contributed by atoms with Crippen LogP contribution in [0.3, 0.4) is 0 Å². The quantitative estimate of drug-likeness (QED) is 0.899. The van der Waals surface area contributed by atoms with Gasteiger partial charge in [-0.3, -0.25) is 9.36 Å². The molecule has 0 radical (unpaired) electrons. The third kappa shape index (κ3) is 5.00. The van der Waals surface area contributed by atoms with Crippen LogP contribution in [0.2, 0.25) is 0 Å². The van der Waals surface area contributed by atoms with E-state index < -0.39 is 0 Å². The molecule has 1 amide bonds. The van der Waals surface area contributed by atoms with Gasteiger partial charge in [0.15, 0.2) is 0 Å². The van der Waals surface area contributed by atoms with Gasteiger partial charge in [0, 0.05) is 38.7 Å². The summed E-state index contributed by atoms with van der Waals surface area (Å²) in [6, 6.07) is 3.58. The number of pyridine rings is 1. The second-order valence-corrected chi connectivity index (χ2v) is 4.21. The molecule has 0 atom stereocenters. The average Bonchev–Trinajstić information content (AvgIpc) is 2.98. The fourth-order valence-corrected chi connectivity index (χ4v) is 1.66. The van der Waals surface area contributed by atoms with Gasteiger partial charge in [-0.1, -0.05) is 0 Å². The zero-order valence-corrected chi connectivity index (χ0v) is 13.5. The van der Waals surface area contributed by atoms with Crippen molar-refractivity contribution in [3.63, 3.8) is 0 Å². The number of nitrogens with one attached hydrogen (secondary N) is 1. The fraction of sp³-hybridized carbons (Fsp3) is 0.308. The molecule has 0 aromatic carbocycles. The van der Waals surface area contributed by atoms with Crippen LogP contribution in [0.4, 0.5) is 0 Å². The van der Waals surface area contributed by atoms with E-state index in [2.05, 4.69) is 15.3 Å². The Morgan fingerprint density at radius 2 is 2.14 bits per heavy atom. The van der Waals surface area contributed by atoms with Gasteiger partial charge < -0.3 is 10.2 Å². The van der Waals surface area contributed by atoms with Gasteiger partial charge in [0.2, 0.25) is 0 Å². The monoisotopic (exact) mass is 331 g/mol. The number of rotatable bonds is 5. The molecule has 2 rings (SSSR count). The predicted octanol–water partition coefficient (Wildman–Crippen LogP) is 1.40. The van der Waals surface area contributed by atoms with Gasteiger partial charge in [-0.05, 0) is 19.2 Å². The summed E-state index contributed by atoms with van der Waals surface area (Å²) in [5.74, 6) is 0.715. The van der Waals surface area contributed by atoms with Crippen LogP contribution in [0.1, 0.15) is 10.4 Å². The minimum atomic E-state index is -0.0278. The molecule has 0 spiro atoms. The van der Waals surface area contributed by atoms with Gasteiger partial charge in [-0.15, -0.1) is 24.8 Å². The zero-order chi connectivity index (χ0) is 13.7. The Morgan fingerprint density at radius 3 is 2.67 bits per heavy atom. The van der Waals surface area contributed by atoms with E-state index in [0.29, 0.717) is 12.1 Å². The van der Waals surface area contributed by atoms with Gasteiger partial charge in [0.25, 0.3) is 5.91 Å². The van der Waals surface area contributed by atoms with E-state index in [1.165, 1.54) is 0 Å². The smallest absolute Gasteiger partial charge is 0.255 e. The Labute approximate surface area is 136 Å². The normalized spacial score (nSPS) is 9.43. The highest BCUT2D eigenvalue weighted by Gasteiger charge is 2.11. The Bertz CT molecular complexity index is 530. The molecule has 0 aliphatic carbocycles. The second-order valence-electron chi connectivity index (χ2n) is 4.21. The van der Waals surface area contributed by atoms with Crippen LogP contribution in [0.25, 0.3) is 5.82 Å². The fourth-order valence-electron chi connectivity index (χ4n) is 1.66. The molecule has 21 heavy (non-hydrogen) atoms. The molecule has 0 saturated heterocycles. The molecule has 2 aromatic heterocycles. The third-order valence-corrected chi connectivity index (χ3v) is 2.81. The van der Waals surface area contributed by atoms with Crippen LogP contribution in [-0.2, 0) is 0 Å². The first-order valence-corrected chi connectivity index (χ1v) is 6.07. The van der Waals surface area contributed by atoms with Gasteiger partial charge in [-0.25, -0.2) is 9.97 Å². The Hall–Kier alpha value is -1.63. The summed E-state index contributed by atoms with van der Waals surface area (Å²) in [5.41, 5.74) is 0.586. The molecule has 0 aliphatic rings. The van der Waals surface area contributed by atoms with E-state index in [1.54, 1.807) is 47.4 Å². The Morgan fingerprint density at radius 1 is 1.38 bits per heavy atom. The number of nitrogens with zero attached hydrogens (tertiary/aromatic N) is 4. The highest BCUT2D eigenvalue weighted by Crippen LogP contribution is 2.07. The number of imidazole rings is 1. The number of halogens is 2. The summed E-state index contributed by atoms with van der Waals surface area (Å²) >= 11 is 0. The molecule has 0 aliphatic heterocycles. The van der Waals surface area contributed by atoms with Gasteiger partial charge in [-0.2, -0.15) is 0 Å². The van der Waals surface area contributed by atoms with E-state index >= 15 is 0 Å². The largest absolute Gasteiger partial charge is 0.340 e. The van der Waals surface area contributed by atoms with E-state index in [4.69, 9.17) is 0 Å². The van der Waals surface area contributed by atoms with Crippen LogP contribution >= 0.6 is 24.8 Å². The molecule has 0 fully saturated rings. The van der Waals surface area contributed by atoms with Crippen molar-refractivity contribution >= 4 is 30.7 Å². The van der Waals surface area contributed by atoms with Crippen molar-refractivity contribution in [1.82, 2.24) is 24.8 Å². The Balaban J connectivity index is 0.00000200. The minimum absolute atomic E-state index is 0. The number of hydrogen-bond acceptors (Lipinski definition) is 4. The molecule has 6 nitrogen and oxygen atoms in total. The van der Waals surface area contributed by atoms with Crippen molar-refractivity contribution in [1.29, 1.82) is 0 Å². The molecule has 2 aromatic rings. The van der Waals surface area contributed by atoms with E-state index in [1.807, 2.05) is 13.2 Å². The lowest BCUT2D eigenvalue weighted by molar-refractivity contribution is 0.0796. The zero-order valence-electron chi connectivity index (χ0n) is 11.9. The van der Waals surface area contributed by atoms with Gasteiger partial charge in [0.05, 0.1) is 5.56 Å². The molecular weight excluding hydrogens is 313 g/mol.